The summed E-state index contributed by atoms with van der Waals surface area (Å²) in [4.78, 5) is 18.9. The van der Waals surface area contributed by atoms with Gasteiger partial charge in [-0.1, -0.05) is 26.7 Å². The van der Waals surface area contributed by atoms with Gasteiger partial charge in [-0.3, -0.25) is 9.89 Å². The van der Waals surface area contributed by atoms with Crippen LogP contribution in [-0.2, 0) is 11.2 Å². The molecule has 0 bridgehead atoms. The fourth-order valence-corrected chi connectivity index (χ4v) is 4.14. The zero-order valence-electron chi connectivity index (χ0n) is 13.2. The van der Waals surface area contributed by atoms with Crippen LogP contribution in [0, 0.1) is 5.41 Å². The summed E-state index contributed by atoms with van der Waals surface area (Å²) in [6.45, 7) is 5.80. The molecule has 2 heterocycles. The van der Waals surface area contributed by atoms with Crippen LogP contribution in [0.2, 0.25) is 0 Å². The Balaban J connectivity index is 1.85. The number of H-pyrrole nitrogens is 1. The quantitative estimate of drug-likeness (QED) is 0.927. The number of aromatic nitrogens is 3. The first-order chi connectivity index (χ1) is 10.2. The third kappa shape index (κ3) is 2.58. The number of carbonyl (C=O) groups excluding carboxylic acids is 1. The van der Waals surface area contributed by atoms with Crippen LogP contribution in [0.5, 0.6) is 0 Å². The minimum absolute atomic E-state index is 0.233. The van der Waals surface area contributed by atoms with Gasteiger partial charge in [-0.05, 0) is 24.7 Å². The molecule has 2 fully saturated rings. The van der Waals surface area contributed by atoms with Gasteiger partial charge in [0.2, 0.25) is 5.91 Å². The molecule has 1 aromatic heterocycles. The van der Waals surface area contributed by atoms with Gasteiger partial charge in [0, 0.05) is 31.8 Å². The summed E-state index contributed by atoms with van der Waals surface area (Å²) in [5.41, 5.74) is 0.233. The van der Waals surface area contributed by atoms with Crippen LogP contribution in [-0.4, -0.2) is 39.1 Å². The lowest BCUT2D eigenvalue weighted by Crippen LogP contribution is -2.30. The van der Waals surface area contributed by atoms with Crippen LogP contribution in [0.4, 0.5) is 0 Å². The molecular weight excluding hydrogens is 264 g/mol. The van der Waals surface area contributed by atoms with Crippen molar-refractivity contribution in [2.24, 2.45) is 5.41 Å². The summed E-state index contributed by atoms with van der Waals surface area (Å²) in [5.74, 6) is 2.51. The molecule has 1 saturated heterocycles. The number of hydrogen-bond donors (Lipinski definition) is 1. The molecule has 1 N–H and O–H groups in total. The minimum Gasteiger partial charge on any atom is -0.341 e. The Labute approximate surface area is 126 Å². The highest BCUT2D eigenvalue weighted by Gasteiger charge is 2.51. The van der Waals surface area contributed by atoms with Crippen LogP contribution < -0.4 is 0 Å². The van der Waals surface area contributed by atoms with E-state index in [4.69, 9.17) is 4.98 Å². The summed E-state index contributed by atoms with van der Waals surface area (Å²) >= 11 is 0. The largest absolute Gasteiger partial charge is 0.341 e. The Morgan fingerprint density at radius 3 is 2.81 bits per heavy atom. The summed E-state index contributed by atoms with van der Waals surface area (Å²) in [7, 11) is 0. The van der Waals surface area contributed by atoms with Gasteiger partial charge in [-0.2, -0.15) is 5.10 Å². The summed E-state index contributed by atoms with van der Waals surface area (Å²) in [6, 6.07) is 0. The maximum absolute atomic E-state index is 12.1. The molecule has 0 aromatic carbocycles. The first kappa shape index (κ1) is 14.5. The molecule has 1 aliphatic carbocycles. The van der Waals surface area contributed by atoms with Gasteiger partial charge >= 0.3 is 0 Å². The topological polar surface area (TPSA) is 61.9 Å². The van der Waals surface area contributed by atoms with Crippen LogP contribution in [0.25, 0.3) is 0 Å². The number of aromatic amines is 1. The Hall–Kier alpha value is -1.39. The lowest BCUT2D eigenvalue weighted by molar-refractivity contribution is -0.130. The third-order valence-corrected chi connectivity index (χ3v) is 5.25. The van der Waals surface area contributed by atoms with Crippen LogP contribution >= 0.6 is 0 Å². The number of nitrogens with zero attached hydrogens (tertiary/aromatic N) is 3. The molecule has 5 heteroatoms. The maximum Gasteiger partial charge on any atom is 0.222 e. The van der Waals surface area contributed by atoms with Crippen molar-refractivity contribution in [2.45, 2.75) is 64.7 Å². The van der Waals surface area contributed by atoms with Crippen molar-refractivity contribution >= 4 is 5.91 Å². The number of likely N-dealkylation sites (tertiary alicyclic amines) is 1. The molecule has 0 radical (unpaired) electrons. The first-order valence-corrected chi connectivity index (χ1v) is 8.37. The number of rotatable bonds is 4. The van der Waals surface area contributed by atoms with E-state index in [2.05, 4.69) is 17.1 Å². The Morgan fingerprint density at radius 1 is 1.38 bits per heavy atom. The minimum atomic E-state index is 0.233. The number of nitrogens with one attached hydrogen (secondary N) is 1. The highest BCUT2D eigenvalue weighted by molar-refractivity contribution is 5.76. The van der Waals surface area contributed by atoms with Crippen LogP contribution in [0.15, 0.2) is 0 Å². The monoisotopic (exact) mass is 290 g/mol. The van der Waals surface area contributed by atoms with E-state index in [0.29, 0.717) is 12.3 Å². The van der Waals surface area contributed by atoms with Crippen molar-refractivity contribution in [3.8, 4) is 0 Å². The summed E-state index contributed by atoms with van der Waals surface area (Å²) < 4.78 is 0. The molecule has 1 atom stereocenters. The van der Waals surface area contributed by atoms with Gasteiger partial charge < -0.3 is 4.90 Å². The predicted octanol–water partition coefficient (Wildman–Crippen LogP) is 2.65. The third-order valence-electron chi connectivity index (χ3n) is 5.25. The fourth-order valence-electron chi connectivity index (χ4n) is 4.14. The van der Waals surface area contributed by atoms with E-state index in [9.17, 15) is 4.79 Å². The van der Waals surface area contributed by atoms with Crippen LogP contribution in [0.1, 0.15) is 69.9 Å². The number of hydrogen-bond acceptors (Lipinski definition) is 3. The van der Waals surface area contributed by atoms with Crippen molar-refractivity contribution in [1.82, 2.24) is 20.1 Å². The molecule has 1 aromatic rings. The fraction of sp³-hybridized carbons (Fsp3) is 0.812. The summed E-state index contributed by atoms with van der Waals surface area (Å²) in [6.07, 6.45) is 7.59. The predicted molar refractivity (Wildman–Crippen MR) is 80.9 cm³/mol. The van der Waals surface area contributed by atoms with Crippen molar-refractivity contribution < 1.29 is 4.79 Å². The van der Waals surface area contributed by atoms with E-state index in [1.165, 1.54) is 25.7 Å². The van der Waals surface area contributed by atoms with E-state index in [1.807, 2.05) is 11.8 Å². The SMILES string of the molecule is CCCc1nc(C2CN(C(=O)CC)CC23CCCC3)n[nH]1. The highest BCUT2D eigenvalue weighted by Crippen LogP contribution is 2.52. The van der Waals surface area contributed by atoms with E-state index in [1.54, 1.807) is 0 Å². The molecular formula is C16H26N4O. The molecule has 21 heavy (non-hydrogen) atoms. The normalized spacial score (nSPS) is 24.1. The zero-order chi connectivity index (χ0) is 14.9. The van der Waals surface area contributed by atoms with E-state index in [0.717, 1.165) is 37.6 Å². The zero-order valence-corrected chi connectivity index (χ0v) is 13.2. The second kappa shape index (κ2) is 5.78. The molecule has 1 spiro atoms. The maximum atomic E-state index is 12.1. The average Bonchev–Trinajstić information content (AvgIpc) is 3.20. The van der Waals surface area contributed by atoms with Crippen molar-refractivity contribution in [1.29, 1.82) is 0 Å². The standard InChI is InChI=1S/C16H26N4O/c1-3-7-13-17-15(19-18-13)12-10-20(14(21)4-2)11-16(12)8-5-6-9-16/h12H,3-11H2,1-2H3,(H,17,18,19). The van der Waals surface area contributed by atoms with Gasteiger partial charge in [0.25, 0.3) is 0 Å². The lowest BCUT2D eigenvalue weighted by Gasteiger charge is -2.27. The van der Waals surface area contributed by atoms with Crippen LogP contribution in [0.3, 0.4) is 0 Å². The van der Waals surface area contributed by atoms with Crippen molar-refractivity contribution in [3.63, 3.8) is 0 Å². The molecule has 1 saturated carbocycles. The van der Waals surface area contributed by atoms with E-state index >= 15 is 0 Å². The average molecular weight is 290 g/mol. The molecule has 2 aliphatic rings. The second-order valence-corrected chi connectivity index (χ2v) is 6.64. The van der Waals surface area contributed by atoms with Gasteiger partial charge in [0.05, 0.1) is 0 Å². The van der Waals surface area contributed by atoms with Gasteiger partial charge in [-0.25, -0.2) is 4.98 Å². The van der Waals surface area contributed by atoms with E-state index in [-0.39, 0.29) is 11.3 Å². The molecule has 1 unspecified atom stereocenters. The highest BCUT2D eigenvalue weighted by atomic mass is 16.2. The Morgan fingerprint density at radius 2 is 2.14 bits per heavy atom. The molecule has 3 rings (SSSR count). The van der Waals surface area contributed by atoms with E-state index < -0.39 is 0 Å². The number of carbonyl (C=O) groups is 1. The number of aryl methyl sites for hydroxylation is 1. The Bertz CT molecular complexity index is 504. The first-order valence-electron chi connectivity index (χ1n) is 8.37. The summed E-state index contributed by atoms with van der Waals surface area (Å²) in [5, 5.41) is 7.56. The molecule has 1 aliphatic heterocycles. The second-order valence-electron chi connectivity index (χ2n) is 6.64. The smallest absolute Gasteiger partial charge is 0.222 e. The number of amides is 1. The molecule has 5 nitrogen and oxygen atoms in total. The van der Waals surface area contributed by atoms with Gasteiger partial charge in [0.15, 0.2) is 5.82 Å². The molecule has 116 valence electrons. The lowest BCUT2D eigenvalue weighted by atomic mass is 9.76. The Kier molecular flexibility index (Phi) is 4.00. The van der Waals surface area contributed by atoms with Crippen molar-refractivity contribution in [2.75, 3.05) is 13.1 Å². The molecule has 1 amide bonds. The van der Waals surface area contributed by atoms with Gasteiger partial charge in [0.1, 0.15) is 5.82 Å². The van der Waals surface area contributed by atoms with Crippen molar-refractivity contribution in [3.05, 3.63) is 11.6 Å². The van der Waals surface area contributed by atoms with Gasteiger partial charge in [-0.15, -0.1) is 0 Å².